The average molecular weight is 437 g/mol. The molecule has 0 aliphatic carbocycles. The third-order valence-corrected chi connectivity index (χ3v) is 6.31. The number of likely N-dealkylation sites (tertiary alicyclic amines) is 1. The molecule has 2 amide bonds. The summed E-state index contributed by atoms with van der Waals surface area (Å²) in [5.41, 5.74) is 2.19. The van der Waals surface area contributed by atoms with Crippen LogP contribution in [0.4, 0.5) is 5.69 Å². The first-order chi connectivity index (χ1) is 15.1. The Morgan fingerprint density at radius 3 is 2.55 bits per heavy atom. The zero-order valence-electron chi connectivity index (χ0n) is 17.5. The topological polar surface area (TPSA) is 67.9 Å². The highest BCUT2D eigenvalue weighted by Gasteiger charge is 2.32. The molecule has 3 aromatic rings. The highest BCUT2D eigenvalue weighted by Crippen LogP contribution is 2.39. The second kappa shape index (κ2) is 9.22. The fourth-order valence-electron chi connectivity index (χ4n) is 3.90. The Hall–Kier alpha value is -3.32. The number of thiophene rings is 1. The van der Waals surface area contributed by atoms with Gasteiger partial charge in [-0.1, -0.05) is 6.07 Å². The van der Waals surface area contributed by atoms with E-state index in [2.05, 4.69) is 5.32 Å². The van der Waals surface area contributed by atoms with Gasteiger partial charge in [0.05, 0.1) is 25.1 Å². The molecular weight excluding hydrogens is 412 g/mol. The van der Waals surface area contributed by atoms with Gasteiger partial charge < -0.3 is 19.7 Å². The third-order valence-electron chi connectivity index (χ3n) is 5.44. The van der Waals surface area contributed by atoms with Crippen molar-refractivity contribution >= 4 is 28.8 Å². The van der Waals surface area contributed by atoms with Crippen molar-refractivity contribution in [3.05, 3.63) is 76.0 Å². The van der Waals surface area contributed by atoms with Gasteiger partial charge in [0, 0.05) is 23.4 Å². The Bertz CT molecular complexity index is 1060. The van der Waals surface area contributed by atoms with E-state index in [0.29, 0.717) is 22.7 Å². The van der Waals surface area contributed by atoms with E-state index in [9.17, 15) is 9.59 Å². The molecule has 1 aliphatic heterocycles. The molecule has 0 bridgehead atoms. The molecule has 31 heavy (non-hydrogen) atoms. The van der Waals surface area contributed by atoms with Gasteiger partial charge in [0.15, 0.2) is 0 Å². The minimum absolute atomic E-state index is 0.0384. The molecule has 0 spiro atoms. The van der Waals surface area contributed by atoms with Crippen LogP contribution >= 0.6 is 11.3 Å². The Labute approximate surface area is 185 Å². The number of carbonyl (C=O) groups excluding carboxylic acids is 2. The van der Waals surface area contributed by atoms with Crippen LogP contribution in [0.15, 0.2) is 60.0 Å². The summed E-state index contributed by atoms with van der Waals surface area (Å²) in [6.45, 7) is 0.681. The summed E-state index contributed by atoms with van der Waals surface area (Å²) < 4.78 is 10.9. The summed E-state index contributed by atoms with van der Waals surface area (Å²) >= 11 is 1.39. The summed E-state index contributed by atoms with van der Waals surface area (Å²) in [7, 11) is 3.26. The zero-order chi connectivity index (χ0) is 21.8. The average Bonchev–Trinajstić information content (AvgIpc) is 3.51. The number of hydrogen-bond acceptors (Lipinski definition) is 5. The minimum atomic E-state index is -0.154. The van der Waals surface area contributed by atoms with Crippen LogP contribution in [0.2, 0.25) is 0 Å². The lowest BCUT2D eigenvalue weighted by atomic mass is 10.0. The molecule has 6 nitrogen and oxygen atoms in total. The Balaban J connectivity index is 1.52. The molecular formula is C24H24N2O4S. The molecule has 1 aliphatic rings. The smallest absolute Gasteiger partial charge is 0.265 e. The molecule has 2 heterocycles. The molecule has 1 aromatic heterocycles. The number of nitrogens with zero attached hydrogens (tertiary/aromatic N) is 1. The van der Waals surface area contributed by atoms with E-state index in [1.54, 1.807) is 44.6 Å². The number of benzene rings is 2. The van der Waals surface area contributed by atoms with Gasteiger partial charge in [-0.2, -0.15) is 0 Å². The highest BCUT2D eigenvalue weighted by molar-refractivity contribution is 7.12. The summed E-state index contributed by atoms with van der Waals surface area (Å²) in [5.74, 6) is 1.29. The van der Waals surface area contributed by atoms with Gasteiger partial charge in [-0.15, -0.1) is 11.3 Å². The molecule has 2 aromatic carbocycles. The van der Waals surface area contributed by atoms with Crippen LogP contribution < -0.4 is 14.8 Å². The van der Waals surface area contributed by atoms with E-state index < -0.39 is 0 Å². The van der Waals surface area contributed by atoms with E-state index in [4.69, 9.17) is 9.47 Å². The van der Waals surface area contributed by atoms with Crippen LogP contribution in [-0.4, -0.2) is 37.5 Å². The lowest BCUT2D eigenvalue weighted by Gasteiger charge is -2.27. The summed E-state index contributed by atoms with van der Waals surface area (Å²) in [6, 6.07) is 16.2. The van der Waals surface area contributed by atoms with Gasteiger partial charge in [-0.3, -0.25) is 9.59 Å². The Morgan fingerprint density at radius 2 is 1.87 bits per heavy atom. The van der Waals surface area contributed by atoms with E-state index in [-0.39, 0.29) is 17.9 Å². The fourth-order valence-corrected chi connectivity index (χ4v) is 4.51. The lowest BCUT2D eigenvalue weighted by molar-refractivity contribution is 0.0734. The Kier molecular flexibility index (Phi) is 6.23. The second-order valence-corrected chi connectivity index (χ2v) is 8.22. The number of rotatable bonds is 6. The van der Waals surface area contributed by atoms with Crippen molar-refractivity contribution in [1.29, 1.82) is 0 Å². The molecule has 0 unspecified atom stereocenters. The number of hydrogen-bond donors (Lipinski definition) is 1. The molecule has 0 saturated carbocycles. The van der Waals surface area contributed by atoms with Gasteiger partial charge >= 0.3 is 0 Å². The number of ether oxygens (including phenoxy) is 2. The Morgan fingerprint density at radius 1 is 1.06 bits per heavy atom. The van der Waals surface area contributed by atoms with E-state index >= 15 is 0 Å². The van der Waals surface area contributed by atoms with Crippen molar-refractivity contribution in [2.75, 3.05) is 26.1 Å². The maximum absolute atomic E-state index is 13.3. The first kappa shape index (κ1) is 20.9. The molecule has 4 rings (SSSR count). The third kappa shape index (κ3) is 4.41. The normalized spacial score (nSPS) is 15.5. The fraction of sp³-hybridized carbons (Fsp3) is 0.250. The predicted octanol–water partition coefficient (Wildman–Crippen LogP) is 4.99. The standard InChI is InChI=1S/C24H24N2O4S/c1-29-18-11-12-21(30-2)19(15-18)20-5-3-13-26(20)24(28)16-7-9-17(10-8-16)25-23(27)22-6-4-14-31-22/h4,6-12,14-15,20H,3,5,13H2,1-2H3,(H,25,27)/t20-/m0/s1. The van der Waals surface area contributed by atoms with E-state index in [1.165, 1.54) is 11.3 Å². The van der Waals surface area contributed by atoms with Gasteiger partial charge in [-0.25, -0.2) is 0 Å². The van der Waals surface area contributed by atoms with Crippen molar-refractivity contribution in [3.8, 4) is 11.5 Å². The van der Waals surface area contributed by atoms with Crippen LogP contribution in [0.1, 0.15) is 44.5 Å². The molecule has 160 valence electrons. The van der Waals surface area contributed by atoms with Crippen LogP contribution in [-0.2, 0) is 0 Å². The molecule has 1 saturated heterocycles. The van der Waals surface area contributed by atoms with Gasteiger partial charge in [0.25, 0.3) is 11.8 Å². The van der Waals surface area contributed by atoms with Crippen molar-refractivity contribution in [3.63, 3.8) is 0 Å². The second-order valence-electron chi connectivity index (χ2n) is 7.27. The zero-order valence-corrected chi connectivity index (χ0v) is 18.3. The quantitative estimate of drug-likeness (QED) is 0.591. The van der Waals surface area contributed by atoms with Gasteiger partial charge in [0.1, 0.15) is 11.5 Å². The predicted molar refractivity (Wildman–Crippen MR) is 121 cm³/mol. The molecule has 0 radical (unpaired) electrons. The van der Waals surface area contributed by atoms with Crippen molar-refractivity contribution in [2.45, 2.75) is 18.9 Å². The SMILES string of the molecule is COc1ccc(OC)c([C@@H]2CCCN2C(=O)c2ccc(NC(=O)c3cccs3)cc2)c1. The summed E-state index contributed by atoms with van der Waals surface area (Å²) in [6.07, 6.45) is 1.79. The maximum Gasteiger partial charge on any atom is 0.265 e. The summed E-state index contributed by atoms with van der Waals surface area (Å²) in [5, 5.41) is 4.72. The first-order valence-electron chi connectivity index (χ1n) is 10.1. The monoisotopic (exact) mass is 436 g/mol. The van der Waals surface area contributed by atoms with Crippen LogP contribution in [0.5, 0.6) is 11.5 Å². The van der Waals surface area contributed by atoms with Crippen molar-refractivity contribution in [2.24, 2.45) is 0 Å². The van der Waals surface area contributed by atoms with Crippen LogP contribution in [0, 0.1) is 0 Å². The molecule has 1 atom stereocenters. The molecule has 7 heteroatoms. The number of methoxy groups -OCH3 is 2. The summed E-state index contributed by atoms with van der Waals surface area (Å²) in [4.78, 5) is 28.0. The van der Waals surface area contributed by atoms with Crippen LogP contribution in [0.25, 0.3) is 0 Å². The molecule has 1 N–H and O–H groups in total. The van der Waals surface area contributed by atoms with Crippen molar-refractivity contribution in [1.82, 2.24) is 4.90 Å². The van der Waals surface area contributed by atoms with E-state index in [0.717, 1.165) is 29.9 Å². The number of carbonyl (C=O) groups is 2. The largest absolute Gasteiger partial charge is 0.497 e. The highest BCUT2D eigenvalue weighted by atomic mass is 32.1. The lowest BCUT2D eigenvalue weighted by Crippen LogP contribution is -2.30. The number of nitrogens with one attached hydrogen (secondary N) is 1. The first-order valence-corrected chi connectivity index (χ1v) is 11.0. The maximum atomic E-state index is 13.3. The van der Waals surface area contributed by atoms with Crippen molar-refractivity contribution < 1.29 is 19.1 Å². The number of anilines is 1. The van der Waals surface area contributed by atoms with Gasteiger partial charge in [0.2, 0.25) is 0 Å². The number of amides is 2. The molecule has 1 fully saturated rings. The minimum Gasteiger partial charge on any atom is -0.497 e. The van der Waals surface area contributed by atoms with Crippen LogP contribution in [0.3, 0.4) is 0 Å². The van der Waals surface area contributed by atoms with E-state index in [1.807, 2.05) is 34.5 Å². The van der Waals surface area contributed by atoms with Gasteiger partial charge in [-0.05, 0) is 66.8 Å².